The Morgan fingerprint density at radius 1 is 1.38 bits per heavy atom. The summed E-state index contributed by atoms with van der Waals surface area (Å²) in [6.45, 7) is 0. The molecule has 0 aliphatic heterocycles. The van der Waals surface area contributed by atoms with Crippen molar-refractivity contribution >= 4 is 16.9 Å². The van der Waals surface area contributed by atoms with E-state index in [2.05, 4.69) is 0 Å². The van der Waals surface area contributed by atoms with Gasteiger partial charge in [-0.3, -0.25) is 4.79 Å². The number of hydrogen-bond donors (Lipinski definition) is 3. The number of aliphatic carboxylic acids is 1. The summed E-state index contributed by atoms with van der Waals surface area (Å²) in [6.07, 6.45) is 0.301. The molecule has 0 spiro atoms. The lowest BCUT2D eigenvalue weighted by Crippen LogP contribution is -2.36. The van der Waals surface area contributed by atoms with Crippen LogP contribution in [0.5, 0.6) is 0 Å². The summed E-state index contributed by atoms with van der Waals surface area (Å²) in [5.74, 6) is -1.24. The van der Waals surface area contributed by atoms with Crippen molar-refractivity contribution in [2.45, 2.75) is 12.1 Å². The molecule has 0 saturated heterocycles. The summed E-state index contributed by atoms with van der Waals surface area (Å²) in [7, 11) is 0. The Labute approximate surface area is 91.1 Å². The van der Waals surface area contributed by atoms with Crippen LogP contribution in [-0.4, -0.2) is 22.2 Å². The summed E-state index contributed by atoms with van der Waals surface area (Å²) in [4.78, 5) is 10.6. The molecule has 2 aromatic rings. The normalized spacial score (nSPS) is 14.9. The van der Waals surface area contributed by atoms with Crippen LogP contribution in [0.25, 0.3) is 11.0 Å². The number of aliphatic hydroxyl groups excluding tert-OH is 1. The van der Waals surface area contributed by atoms with Gasteiger partial charge in [0.25, 0.3) is 0 Å². The van der Waals surface area contributed by atoms with Gasteiger partial charge in [0.2, 0.25) is 0 Å². The number of nitrogens with two attached hydrogens (primary N) is 1. The van der Waals surface area contributed by atoms with E-state index >= 15 is 0 Å². The lowest BCUT2D eigenvalue weighted by atomic mass is 10.0. The van der Waals surface area contributed by atoms with Crippen LogP contribution in [0.15, 0.2) is 34.9 Å². The van der Waals surface area contributed by atoms with E-state index in [1.54, 1.807) is 24.3 Å². The van der Waals surface area contributed by atoms with E-state index in [4.69, 9.17) is 15.3 Å². The van der Waals surface area contributed by atoms with Crippen molar-refractivity contribution in [3.05, 3.63) is 36.1 Å². The number of carboxylic acid groups (broad SMARTS) is 1. The van der Waals surface area contributed by atoms with Gasteiger partial charge in [0, 0.05) is 5.39 Å². The van der Waals surface area contributed by atoms with Crippen LogP contribution in [0.4, 0.5) is 0 Å². The zero-order valence-corrected chi connectivity index (χ0v) is 8.33. The maximum atomic E-state index is 10.6. The molecule has 2 rings (SSSR count). The van der Waals surface area contributed by atoms with E-state index in [0.717, 1.165) is 5.39 Å². The molecule has 1 aromatic heterocycles. The third-order valence-electron chi connectivity index (χ3n) is 2.44. The zero-order valence-electron chi connectivity index (χ0n) is 8.33. The number of carbonyl (C=O) groups is 1. The quantitative estimate of drug-likeness (QED) is 0.714. The second-order valence-corrected chi connectivity index (χ2v) is 3.53. The van der Waals surface area contributed by atoms with Crippen molar-refractivity contribution in [1.82, 2.24) is 0 Å². The Kier molecular flexibility index (Phi) is 2.64. The lowest BCUT2D eigenvalue weighted by molar-refractivity contribution is -0.141. The molecule has 4 N–H and O–H groups in total. The molecule has 16 heavy (non-hydrogen) atoms. The number of carboxylic acids is 1. The highest BCUT2D eigenvalue weighted by molar-refractivity contribution is 5.79. The van der Waals surface area contributed by atoms with Crippen molar-refractivity contribution in [2.75, 3.05) is 0 Å². The highest BCUT2D eigenvalue weighted by Crippen LogP contribution is 2.22. The Morgan fingerprint density at radius 3 is 2.81 bits per heavy atom. The molecule has 1 heterocycles. The highest BCUT2D eigenvalue weighted by atomic mass is 16.4. The van der Waals surface area contributed by atoms with Gasteiger partial charge in [-0.1, -0.05) is 6.07 Å². The number of benzene rings is 1. The molecule has 1 aromatic carbocycles. The monoisotopic (exact) mass is 221 g/mol. The summed E-state index contributed by atoms with van der Waals surface area (Å²) in [6, 6.07) is 5.33. The first-order chi connectivity index (χ1) is 7.59. The van der Waals surface area contributed by atoms with Crippen LogP contribution < -0.4 is 5.73 Å². The number of rotatable bonds is 3. The summed E-state index contributed by atoms with van der Waals surface area (Å²) >= 11 is 0. The van der Waals surface area contributed by atoms with Gasteiger partial charge in [-0.2, -0.15) is 0 Å². The standard InChI is InChI=1S/C11H11NO4/c12-9(11(14)15)10(13)7-1-2-8-6(5-7)3-4-16-8/h1-5,9-10,13H,12H2,(H,14,15). The molecule has 2 atom stereocenters. The molecular weight excluding hydrogens is 210 g/mol. The van der Waals surface area contributed by atoms with Crippen LogP contribution in [0.3, 0.4) is 0 Å². The van der Waals surface area contributed by atoms with Crippen LogP contribution >= 0.6 is 0 Å². The van der Waals surface area contributed by atoms with Crippen molar-refractivity contribution in [1.29, 1.82) is 0 Å². The Morgan fingerprint density at radius 2 is 2.12 bits per heavy atom. The Balaban J connectivity index is 2.35. The molecule has 5 nitrogen and oxygen atoms in total. The molecular formula is C11H11NO4. The first kappa shape index (κ1) is 10.7. The minimum absolute atomic E-state index is 0.462. The van der Waals surface area contributed by atoms with Gasteiger partial charge in [-0.15, -0.1) is 0 Å². The topological polar surface area (TPSA) is 96.7 Å². The molecule has 0 amide bonds. The first-order valence-electron chi connectivity index (χ1n) is 4.73. The second-order valence-electron chi connectivity index (χ2n) is 3.53. The van der Waals surface area contributed by atoms with E-state index in [9.17, 15) is 9.90 Å². The SMILES string of the molecule is NC(C(=O)O)C(O)c1ccc2occc2c1. The van der Waals surface area contributed by atoms with Gasteiger partial charge in [0.05, 0.1) is 6.26 Å². The summed E-state index contributed by atoms with van der Waals surface area (Å²) in [5, 5.41) is 19.2. The van der Waals surface area contributed by atoms with E-state index in [1.165, 1.54) is 6.26 Å². The molecule has 84 valence electrons. The van der Waals surface area contributed by atoms with E-state index < -0.39 is 18.1 Å². The smallest absolute Gasteiger partial charge is 0.323 e. The molecule has 0 saturated carbocycles. The summed E-state index contributed by atoms with van der Waals surface area (Å²) in [5.41, 5.74) is 6.48. The fraction of sp³-hybridized carbons (Fsp3) is 0.182. The molecule has 0 fully saturated rings. The van der Waals surface area contributed by atoms with Gasteiger partial charge in [-0.25, -0.2) is 0 Å². The molecule has 5 heteroatoms. The molecule has 0 radical (unpaired) electrons. The molecule has 0 aliphatic carbocycles. The highest BCUT2D eigenvalue weighted by Gasteiger charge is 2.23. The van der Waals surface area contributed by atoms with Crippen LogP contribution in [0, 0.1) is 0 Å². The Bertz CT molecular complexity index is 519. The van der Waals surface area contributed by atoms with Crippen LogP contribution in [0.2, 0.25) is 0 Å². The van der Waals surface area contributed by atoms with E-state index in [-0.39, 0.29) is 0 Å². The van der Waals surface area contributed by atoms with Crippen LogP contribution in [-0.2, 0) is 4.79 Å². The number of fused-ring (bicyclic) bond motifs is 1. The van der Waals surface area contributed by atoms with Gasteiger partial charge in [0.15, 0.2) is 0 Å². The first-order valence-corrected chi connectivity index (χ1v) is 4.73. The number of furan rings is 1. The number of hydrogen-bond acceptors (Lipinski definition) is 4. The minimum Gasteiger partial charge on any atom is -0.480 e. The largest absolute Gasteiger partial charge is 0.480 e. The maximum Gasteiger partial charge on any atom is 0.323 e. The zero-order chi connectivity index (χ0) is 11.7. The van der Waals surface area contributed by atoms with Crippen molar-refractivity contribution in [3.8, 4) is 0 Å². The average Bonchev–Trinajstić information content (AvgIpc) is 2.73. The van der Waals surface area contributed by atoms with Gasteiger partial charge >= 0.3 is 5.97 Å². The molecule has 0 bridgehead atoms. The minimum atomic E-state index is -1.33. The van der Waals surface area contributed by atoms with Gasteiger partial charge in [0.1, 0.15) is 17.7 Å². The van der Waals surface area contributed by atoms with Crippen molar-refractivity contribution < 1.29 is 19.4 Å². The van der Waals surface area contributed by atoms with Crippen molar-refractivity contribution in [3.63, 3.8) is 0 Å². The van der Waals surface area contributed by atoms with Gasteiger partial charge in [-0.05, 0) is 23.8 Å². The van der Waals surface area contributed by atoms with E-state index in [1.807, 2.05) is 0 Å². The third-order valence-corrected chi connectivity index (χ3v) is 2.44. The Hall–Kier alpha value is -1.85. The van der Waals surface area contributed by atoms with E-state index in [0.29, 0.717) is 11.1 Å². The lowest BCUT2D eigenvalue weighted by Gasteiger charge is -2.14. The second kappa shape index (κ2) is 3.96. The molecule has 2 unspecified atom stereocenters. The maximum absolute atomic E-state index is 10.6. The predicted octanol–water partition coefficient (Wildman–Crippen LogP) is 0.878. The van der Waals surface area contributed by atoms with Gasteiger partial charge < -0.3 is 20.4 Å². The van der Waals surface area contributed by atoms with Crippen LogP contribution in [0.1, 0.15) is 11.7 Å². The average molecular weight is 221 g/mol. The van der Waals surface area contributed by atoms with Crippen molar-refractivity contribution in [2.24, 2.45) is 5.73 Å². The fourth-order valence-electron chi connectivity index (χ4n) is 1.51. The predicted molar refractivity (Wildman–Crippen MR) is 56.8 cm³/mol. The number of aliphatic hydroxyl groups is 1. The third kappa shape index (κ3) is 1.78. The fourth-order valence-corrected chi connectivity index (χ4v) is 1.51. The molecule has 0 aliphatic rings. The summed E-state index contributed by atoms with van der Waals surface area (Å²) < 4.78 is 5.13.